The highest BCUT2D eigenvalue weighted by molar-refractivity contribution is 14.1. The molecule has 102 valence electrons. The Kier molecular flexibility index (Phi) is 3.00. The van der Waals surface area contributed by atoms with Crippen molar-refractivity contribution in [3.63, 3.8) is 0 Å². The van der Waals surface area contributed by atoms with Gasteiger partial charge in [-0.25, -0.2) is 0 Å². The second-order valence-electron chi connectivity index (χ2n) is 5.35. The highest BCUT2D eigenvalue weighted by atomic mass is 127. The number of hydrogen-bond donors (Lipinski definition) is 0. The summed E-state index contributed by atoms with van der Waals surface area (Å²) in [6.07, 6.45) is 0. The van der Waals surface area contributed by atoms with Crippen LogP contribution in [0.3, 0.4) is 0 Å². The van der Waals surface area contributed by atoms with Crippen LogP contribution in [0.1, 0.15) is 0 Å². The van der Waals surface area contributed by atoms with Crippen molar-refractivity contribution in [2.24, 2.45) is 7.05 Å². The lowest BCUT2D eigenvalue weighted by Gasteiger charge is -2.06. The summed E-state index contributed by atoms with van der Waals surface area (Å²) in [4.78, 5) is 0. The predicted octanol–water partition coefficient (Wildman–Crippen LogP) is 5.60. The molecule has 4 rings (SSSR count). The molecule has 4 aromatic rings. The summed E-state index contributed by atoms with van der Waals surface area (Å²) in [5.41, 5.74) is 3.80. The first-order valence-electron chi connectivity index (χ1n) is 6.96. The van der Waals surface area contributed by atoms with Gasteiger partial charge in [0.2, 0.25) is 0 Å². The maximum Gasteiger partial charge on any atom is 0.0488 e. The first-order valence-corrected chi connectivity index (χ1v) is 8.04. The van der Waals surface area contributed by atoms with Gasteiger partial charge in [-0.3, -0.25) is 0 Å². The summed E-state index contributed by atoms with van der Waals surface area (Å²) >= 11 is 2.37. The highest BCUT2D eigenvalue weighted by Gasteiger charge is 2.08. The van der Waals surface area contributed by atoms with E-state index in [9.17, 15) is 0 Å². The lowest BCUT2D eigenvalue weighted by molar-refractivity contribution is 0.978. The largest absolute Gasteiger partial charge is 0.344 e. The molecule has 21 heavy (non-hydrogen) atoms. The summed E-state index contributed by atoms with van der Waals surface area (Å²) in [6.45, 7) is 0. The maximum atomic E-state index is 2.37. The zero-order valence-electron chi connectivity index (χ0n) is 11.7. The molecule has 0 aliphatic rings. The third kappa shape index (κ3) is 2.14. The molecule has 0 aliphatic heterocycles. The van der Waals surface area contributed by atoms with Gasteiger partial charge in [0.05, 0.1) is 0 Å². The van der Waals surface area contributed by atoms with E-state index >= 15 is 0 Å². The Morgan fingerprint density at radius 2 is 1.57 bits per heavy atom. The molecule has 0 spiro atoms. The Balaban J connectivity index is 1.97. The molecular weight excluding hydrogens is 369 g/mol. The minimum absolute atomic E-state index is 1.26. The van der Waals surface area contributed by atoms with Crippen LogP contribution in [-0.4, -0.2) is 4.57 Å². The first-order chi connectivity index (χ1) is 10.2. The number of aromatic nitrogens is 1. The number of benzene rings is 3. The van der Waals surface area contributed by atoms with Gasteiger partial charge in [-0.15, -0.1) is 0 Å². The van der Waals surface area contributed by atoms with Gasteiger partial charge in [-0.05, 0) is 69.3 Å². The second kappa shape index (κ2) is 4.88. The van der Waals surface area contributed by atoms with Gasteiger partial charge in [0.15, 0.2) is 0 Å². The molecule has 0 N–H and O–H groups in total. The van der Waals surface area contributed by atoms with Crippen LogP contribution in [0, 0.1) is 3.57 Å². The van der Waals surface area contributed by atoms with E-state index in [0.29, 0.717) is 0 Å². The standard InChI is InChI=1S/C19H14IN/c1-21-18-9-8-17(20)11-16(18)12-19(21)15-7-6-13-4-2-3-5-14(13)10-15/h2-12H,1H3. The molecule has 1 nitrogen and oxygen atoms in total. The average molecular weight is 383 g/mol. The van der Waals surface area contributed by atoms with Crippen molar-refractivity contribution in [2.45, 2.75) is 0 Å². The molecule has 2 heteroatoms. The number of hydrogen-bond acceptors (Lipinski definition) is 0. The Morgan fingerprint density at radius 3 is 2.43 bits per heavy atom. The summed E-state index contributed by atoms with van der Waals surface area (Å²) in [7, 11) is 2.14. The minimum atomic E-state index is 1.26. The van der Waals surface area contributed by atoms with E-state index in [1.54, 1.807) is 0 Å². The van der Waals surface area contributed by atoms with Gasteiger partial charge < -0.3 is 4.57 Å². The van der Waals surface area contributed by atoms with Crippen molar-refractivity contribution in [1.29, 1.82) is 0 Å². The molecule has 0 fully saturated rings. The first kappa shape index (κ1) is 12.9. The lowest BCUT2D eigenvalue weighted by Crippen LogP contribution is -1.91. The summed E-state index contributed by atoms with van der Waals surface area (Å²) in [5.74, 6) is 0. The van der Waals surface area contributed by atoms with Crippen molar-refractivity contribution in [2.75, 3.05) is 0 Å². The Morgan fingerprint density at radius 1 is 0.762 bits per heavy atom. The molecule has 3 aromatic carbocycles. The normalized spacial score (nSPS) is 11.3. The smallest absolute Gasteiger partial charge is 0.0488 e. The van der Waals surface area contributed by atoms with Gasteiger partial charge in [0.25, 0.3) is 0 Å². The number of nitrogens with zero attached hydrogens (tertiary/aromatic N) is 1. The Labute approximate surface area is 137 Å². The minimum Gasteiger partial charge on any atom is -0.344 e. The van der Waals surface area contributed by atoms with E-state index in [4.69, 9.17) is 0 Å². The van der Waals surface area contributed by atoms with Crippen LogP contribution < -0.4 is 0 Å². The van der Waals surface area contributed by atoms with Crippen LogP contribution in [0.4, 0.5) is 0 Å². The van der Waals surface area contributed by atoms with E-state index in [1.165, 1.54) is 36.5 Å². The molecule has 1 aromatic heterocycles. The van der Waals surface area contributed by atoms with Crippen molar-refractivity contribution in [3.8, 4) is 11.3 Å². The molecule has 0 amide bonds. The second-order valence-corrected chi connectivity index (χ2v) is 6.60. The lowest BCUT2D eigenvalue weighted by atomic mass is 10.1. The van der Waals surface area contributed by atoms with Gasteiger partial charge in [0.1, 0.15) is 0 Å². The zero-order chi connectivity index (χ0) is 14.4. The topological polar surface area (TPSA) is 4.93 Å². The van der Waals surface area contributed by atoms with E-state index in [1.807, 2.05) is 0 Å². The van der Waals surface area contributed by atoms with Gasteiger partial charge in [0, 0.05) is 27.2 Å². The number of halogens is 1. The van der Waals surface area contributed by atoms with Crippen LogP contribution in [-0.2, 0) is 7.05 Å². The molecule has 1 heterocycles. The monoisotopic (exact) mass is 383 g/mol. The third-order valence-electron chi connectivity index (χ3n) is 4.05. The molecule has 0 bridgehead atoms. The van der Waals surface area contributed by atoms with Crippen LogP contribution in [0.25, 0.3) is 32.9 Å². The average Bonchev–Trinajstić information content (AvgIpc) is 2.83. The fraction of sp³-hybridized carbons (Fsp3) is 0.0526. The van der Waals surface area contributed by atoms with Crippen LogP contribution in [0.5, 0.6) is 0 Å². The third-order valence-corrected chi connectivity index (χ3v) is 4.72. The van der Waals surface area contributed by atoms with Crippen molar-refractivity contribution in [1.82, 2.24) is 4.57 Å². The summed E-state index contributed by atoms with van der Waals surface area (Å²) < 4.78 is 3.55. The van der Waals surface area contributed by atoms with E-state index < -0.39 is 0 Å². The molecule has 0 radical (unpaired) electrons. The maximum absolute atomic E-state index is 2.37. The zero-order valence-corrected chi connectivity index (χ0v) is 13.8. The van der Waals surface area contributed by atoms with Crippen LogP contribution in [0.2, 0.25) is 0 Å². The van der Waals surface area contributed by atoms with Crippen molar-refractivity contribution in [3.05, 3.63) is 70.3 Å². The Bertz CT molecular complexity index is 966. The number of fused-ring (bicyclic) bond motifs is 2. The fourth-order valence-corrected chi connectivity index (χ4v) is 3.46. The highest BCUT2D eigenvalue weighted by Crippen LogP contribution is 2.30. The number of aryl methyl sites for hydroxylation is 1. The fourth-order valence-electron chi connectivity index (χ4n) is 2.95. The van der Waals surface area contributed by atoms with Gasteiger partial charge >= 0.3 is 0 Å². The number of rotatable bonds is 1. The molecular formula is C19H14IN. The van der Waals surface area contributed by atoms with E-state index in [0.717, 1.165) is 0 Å². The molecule has 0 aliphatic carbocycles. The van der Waals surface area contributed by atoms with Crippen molar-refractivity contribution >= 4 is 44.3 Å². The van der Waals surface area contributed by atoms with Crippen LogP contribution >= 0.6 is 22.6 Å². The van der Waals surface area contributed by atoms with E-state index in [2.05, 4.69) is 101 Å². The quantitative estimate of drug-likeness (QED) is 0.377. The van der Waals surface area contributed by atoms with Gasteiger partial charge in [-0.1, -0.05) is 36.4 Å². The van der Waals surface area contributed by atoms with Crippen LogP contribution in [0.15, 0.2) is 66.7 Å². The molecule has 0 saturated carbocycles. The molecule has 0 atom stereocenters. The predicted molar refractivity (Wildman–Crippen MR) is 98.6 cm³/mol. The summed E-state index contributed by atoms with van der Waals surface area (Å²) in [5, 5.41) is 3.87. The van der Waals surface area contributed by atoms with Gasteiger partial charge in [-0.2, -0.15) is 0 Å². The summed E-state index contributed by atoms with van der Waals surface area (Å²) in [6, 6.07) is 24.1. The SMILES string of the molecule is Cn1c(-c2ccc3ccccc3c2)cc2cc(I)ccc21. The molecule has 0 saturated heterocycles. The van der Waals surface area contributed by atoms with E-state index in [-0.39, 0.29) is 0 Å². The Hall–Kier alpha value is -1.81. The van der Waals surface area contributed by atoms with Crippen molar-refractivity contribution < 1.29 is 0 Å². The molecule has 0 unspecified atom stereocenters.